The van der Waals surface area contributed by atoms with Crippen molar-refractivity contribution in [3.8, 4) is 5.82 Å². The third kappa shape index (κ3) is 5.46. The van der Waals surface area contributed by atoms with E-state index in [1.54, 1.807) is 6.20 Å². The Hall–Kier alpha value is -4.00. The van der Waals surface area contributed by atoms with E-state index in [0.717, 1.165) is 43.3 Å². The molecule has 5 rings (SSSR count). The second kappa shape index (κ2) is 11.2. The van der Waals surface area contributed by atoms with Gasteiger partial charge in [0.2, 0.25) is 5.91 Å². The van der Waals surface area contributed by atoms with E-state index in [1.165, 1.54) is 11.1 Å². The highest BCUT2D eigenvalue weighted by molar-refractivity contribution is 5.79. The van der Waals surface area contributed by atoms with E-state index in [2.05, 4.69) is 73.9 Å². The zero-order valence-electron chi connectivity index (χ0n) is 20.6. The number of aryl methyl sites for hydroxylation is 1. The maximum absolute atomic E-state index is 13.1. The maximum Gasteiger partial charge on any atom is 0.224 e. The summed E-state index contributed by atoms with van der Waals surface area (Å²) in [7, 11) is 0. The van der Waals surface area contributed by atoms with Crippen LogP contribution in [0.1, 0.15) is 42.1 Å². The number of hydrogen-bond acceptors (Lipinski definition) is 5. The molecule has 0 spiro atoms. The third-order valence-electron chi connectivity index (χ3n) is 6.96. The van der Waals surface area contributed by atoms with Crippen LogP contribution in [0.3, 0.4) is 0 Å². The number of hydrogen-bond donors (Lipinski definition) is 1. The number of aromatic nitrogens is 4. The molecule has 7 heteroatoms. The normalized spacial score (nSPS) is 15.7. The molecule has 7 nitrogen and oxygen atoms in total. The van der Waals surface area contributed by atoms with Crippen LogP contribution >= 0.6 is 0 Å². The minimum atomic E-state index is -0.0528. The molecule has 184 valence electrons. The lowest BCUT2D eigenvalue weighted by atomic mass is 9.88. The van der Waals surface area contributed by atoms with Crippen molar-refractivity contribution in [3.05, 3.63) is 102 Å². The maximum atomic E-state index is 13.1. The lowest BCUT2D eigenvalue weighted by molar-refractivity contribution is -0.125. The fourth-order valence-electron chi connectivity index (χ4n) is 5.02. The molecule has 36 heavy (non-hydrogen) atoms. The molecule has 0 radical (unpaired) electrons. The smallest absolute Gasteiger partial charge is 0.224 e. The van der Waals surface area contributed by atoms with Crippen LogP contribution in [0.5, 0.6) is 0 Å². The van der Waals surface area contributed by atoms with E-state index in [0.29, 0.717) is 13.1 Å². The lowest BCUT2D eigenvalue weighted by Gasteiger charge is -2.32. The second-order valence-electron chi connectivity index (χ2n) is 9.33. The average Bonchev–Trinajstić information content (AvgIpc) is 3.38. The Morgan fingerprint density at radius 3 is 2.25 bits per heavy atom. The summed E-state index contributed by atoms with van der Waals surface area (Å²) < 4.78 is 1.90. The van der Waals surface area contributed by atoms with Gasteiger partial charge in [0.1, 0.15) is 5.82 Å². The second-order valence-corrected chi connectivity index (χ2v) is 9.33. The number of rotatable bonds is 8. The van der Waals surface area contributed by atoms with Crippen molar-refractivity contribution in [3.63, 3.8) is 0 Å². The van der Waals surface area contributed by atoms with Crippen molar-refractivity contribution < 1.29 is 4.79 Å². The predicted molar refractivity (Wildman–Crippen MR) is 141 cm³/mol. The standard InChI is InChI=1S/C29H32N6O/c1-22-30-18-20-35(22)28-15-14-27(32-33-28)34-19-8-13-25(21-34)29(36)31-17-16-26(23-9-4-2-5-10-23)24-11-6-3-7-12-24/h2-7,9-12,14-15,18,20,25-26H,8,13,16-17,19,21H2,1H3,(H,31,36). The van der Waals surface area contributed by atoms with Crippen LogP contribution in [-0.2, 0) is 4.79 Å². The van der Waals surface area contributed by atoms with Gasteiger partial charge in [-0.3, -0.25) is 9.36 Å². The monoisotopic (exact) mass is 480 g/mol. The minimum absolute atomic E-state index is 0.0528. The number of carbonyl (C=O) groups excluding carboxylic acids is 1. The van der Waals surface area contributed by atoms with Gasteiger partial charge in [0.25, 0.3) is 0 Å². The zero-order chi connectivity index (χ0) is 24.7. The lowest BCUT2D eigenvalue weighted by Crippen LogP contribution is -2.43. The number of benzene rings is 2. The Labute approximate surface area is 212 Å². The van der Waals surface area contributed by atoms with E-state index < -0.39 is 0 Å². The molecule has 0 saturated carbocycles. The van der Waals surface area contributed by atoms with Crippen LogP contribution in [0, 0.1) is 12.8 Å². The van der Waals surface area contributed by atoms with Crippen LogP contribution in [0.25, 0.3) is 5.82 Å². The molecule has 0 aliphatic carbocycles. The number of carbonyl (C=O) groups is 1. The summed E-state index contributed by atoms with van der Waals surface area (Å²) in [4.78, 5) is 19.5. The summed E-state index contributed by atoms with van der Waals surface area (Å²) in [6.45, 7) is 4.12. The van der Waals surface area contributed by atoms with Gasteiger partial charge in [-0.15, -0.1) is 10.2 Å². The molecule has 1 N–H and O–H groups in total. The number of nitrogens with zero attached hydrogens (tertiary/aromatic N) is 5. The van der Waals surface area contributed by atoms with Gasteiger partial charge in [-0.2, -0.15) is 0 Å². The molecule has 2 aromatic heterocycles. The fraction of sp³-hybridized carbons (Fsp3) is 0.310. The molecule has 1 saturated heterocycles. The van der Waals surface area contributed by atoms with Crippen molar-refractivity contribution in [2.24, 2.45) is 5.92 Å². The van der Waals surface area contributed by atoms with E-state index in [9.17, 15) is 4.79 Å². The minimum Gasteiger partial charge on any atom is -0.356 e. The van der Waals surface area contributed by atoms with E-state index in [1.807, 2.05) is 42.0 Å². The van der Waals surface area contributed by atoms with Crippen LogP contribution in [0.2, 0.25) is 0 Å². The quantitative estimate of drug-likeness (QED) is 0.401. The molecule has 1 amide bonds. The molecule has 1 aliphatic rings. The Morgan fingerprint density at radius 1 is 0.972 bits per heavy atom. The van der Waals surface area contributed by atoms with Crippen LogP contribution in [-0.4, -0.2) is 45.3 Å². The summed E-state index contributed by atoms with van der Waals surface area (Å²) in [6.07, 6.45) is 6.33. The first-order chi connectivity index (χ1) is 17.7. The van der Waals surface area contributed by atoms with Gasteiger partial charge in [0.15, 0.2) is 11.6 Å². The average molecular weight is 481 g/mol. The summed E-state index contributed by atoms with van der Waals surface area (Å²) in [5.41, 5.74) is 2.55. The fourth-order valence-corrected chi connectivity index (χ4v) is 5.02. The first kappa shape index (κ1) is 23.7. The van der Waals surface area contributed by atoms with Crippen molar-refractivity contribution in [1.82, 2.24) is 25.1 Å². The summed E-state index contributed by atoms with van der Waals surface area (Å²) in [6, 6.07) is 25.0. The third-order valence-corrected chi connectivity index (χ3v) is 6.96. The van der Waals surface area contributed by atoms with Gasteiger partial charge >= 0.3 is 0 Å². The molecular weight excluding hydrogens is 448 g/mol. The van der Waals surface area contributed by atoms with E-state index in [4.69, 9.17) is 0 Å². The first-order valence-electron chi connectivity index (χ1n) is 12.7. The van der Waals surface area contributed by atoms with Crippen LogP contribution in [0.4, 0.5) is 5.82 Å². The zero-order valence-corrected chi connectivity index (χ0v) is 20.6. The number of amides is 1. The summed E-state index contributed by atoms with van der Waals surface area (Å²) in [5, 5.41) is 12.0. The van der Waals surface area contributed by atoms with Gasteiger partial charge in [-0.25, -0.2) is 4.98 Å². The highest BCUT2D eigenvalue weighted by atomic mass is 16.1. The van der Waals surface area contributed by atoms with Gasteiger partial charge in [-0.1, -0.05) is 60.7 Å². The first-order valence-corrected chi connectivity index (χ1v) is 12.7. The van der Waals surface area contributed by atoms with Crippen molar-refractivity contribution in [1.29, 1.82) is 0 Å². The van der Waals surface area contributed by atoms with Gasteiger partial charge in [0, 0.05) is 37.9 Å². The molecule has 3 heterocycles. The molecular formula is C29H32N6O. The Balaban J connectivity index is 1.18. The van der Waals surface area contributed by atoms with Gasteiger partial charge in [0.05, 0.1) is 5.92 Å². The van der Waals surface area contributed by atoms with E-state index >= 15 is 0 Å². The molecule has 1 fully saturated rings. The largest absolute Gasteiger partial charge is 0.356 e. The Morgan fingerprint density at radius 2 is 1.64 bits per heavy atom. The number of anilines is 1. The van der Waals surface area contributed by atoms with Gasteiger partial charge in [-0.05, 0) is 49.4 Å². The molecule has 0 bridgehead atoms. The summed E-state index contributed by atoms with van der Waals surface area (Å²) in [5.74, 6) is 2.74. The van der Waals surface area contributed by atoms with Crippen molar-refractivity contribution in [2.45, 2.75) is 32.1 Å². The van der Waals surface area contributed by atoms with E-state index in [-0.39, 0.29) is 17.7 Å². The SMILES string of the molecule is Cc1nccn1-c1ccc(N2CCCC(C(=O)NCCC(c3ccccc3)c3ccccc3)C2)nn1. The van der Waals surface area contributed by atoms with Crippen LogP contribution in [0.15, 0.2) is 85.2 Å². The highest BCUT2D eigenvalue weighted by Gasteiger charge is 2.27. The number of imidazole rings is 1. The molecule has 1 aliphatic heterocycles. The topological polar surface area (TPSA) is 75.9 Å². The Kier molecular flexibility index (Phi) is 7.36. The van der Waals surface area contributed by atoms with Crippen molar-refractivity contribution in [2.75, 3.05) is 24.5 Å². The van der Waals surface area contributed by atoms with Crippen LogP contribution < -0.4 is 10.2 Å². The molecule has 2 aromatic carbocycles. The molecule has 4 aromatic rings. The van der Waals surface area contributed by atoms with Gasteiger partial charge < -0.3 is 10.2 Å². The Bertz CT molecular complexity index is 1220. The summed E-state index contributed by atoms with van der Waals surface area (Å²) >= 11 is 0. The highest BCUT2D eigenvalue weighted by Crippen LogP contribution is 2.28. The molecule has 1 unspecified atom stereocenters. The number of nitrogens with one attached hydrogen (secondary N) is 1. The number of piperidine rings is 1. The predicted octanol–water partition coefficient (Wildman–Crippen LogP) is 4.53. The molecule has 1 atom stereocenters. The van der Waals surface area contributed by atoms with Crippen molar-refractivity contribution >= 4 is 11.7 Å².